The van der Waals surface area contributed by atoms with Crippen LogP contribution in [0.1, 0.15) is 33.4 Å². The van der Waals surface area contributed by atoms with Gasteiger partial charge in [0.15, 0.2) is 18.9 Å². The molecule has 0 spiro atoms. The topological polar surface area (TPSA) is 158 Å². The summed E-state index contributed by atoms with van der Waals surface area (Å²) in [4.78, 5) is 27.3. The first-order chi connectivity index (χ1) is 13.7. The van der Waals surface area contributed by atoms with Gasteiger partial charge in [-0.1, -0.05) is 6.92 Å². The van der Waals surface area contributed by atoms with Gasteiger partial charge in [-0.25, -0.2) is 4.79 Å². The molecule has 164 valence electrons. The lowest BCUT2D eigenvalue weighted by Gasteiger charge is -2.20. The van der Waals surface area contributed by atoms with E-state index in [-0.39, 0.29) is 31.4 Å². The minimum atomic E-state index is -3.56. The second kappa shape index (κ2) is 10.4. The number of hydrogen-bond acceptors (Lipinski definition) is 10. The fourth-order valence-electron chi connectivity index (χ4n) is 2.57. The van der Waals surface area contributed by atoms with Crippen molar-refractivity contribution in [1.82, 2.24) is 9.55 Å². The van der Waals surface area contributed by atoms with E-state index in [2.05, 4.69) is 10.3 Å². The molecule has 0 saturated carbocycles. The molecule has 13 heteroatoms. The van der Waals surface area contributed by atoms with Crippen LogP contribution in [0.25, 0.3) is 0 Å². The second-order valence-corrected chi connectivity index (χ2v) is 8.02. The summed E-state index contributed by atoms with van der Waals surface area (Å²) in [5.41, 5.74) is -0.815. The number of anilines is 1. The fraction of sp³-hybridized carbons (Fsp3) is 0.688. The van der Waals surface area contributed by atoms with Gasteiger partial charge in [-0.2, -0.15) is 4.98 Å². The van der Waals surface area contributed by atoms with Gasteiger partial charge in [0.25, 0.3) is 0 Å². The van der Waals surface area contributed by atoms with Crippen molar-refractivity contribution < 1.29 is 38.1 Å². The smallest absolute Gasteiger partial charge is 0.356 e. The third kappa shape index (κ3) is 5.92. The van der Waals surface area contributed by atoms with Gasteiger partial charge in [-0.15, -0.1) is 0 Å². The average Bonchev–Trinajstić information content (AvgIpc) is 2.95. The number of nitrogens with zero attached hydrogens (tertiary/aromatic N) is 2. The van der Waals surface area contributed by atoms with Gasteiger partial charge >= 0.3 is 13.3 Å². The second-order valence-electron chi connectivity index (χ2n) is 6.02. The number of hydrogen-bond donors (Lipinski definition) is 3. The van der Waals surface area contributed by atoms with Gasteiger partial charge in [-0.05, 0) is 19.9 Å². The van der Waals surface area contributed by atoms with Crippen LogP contribution in [0.15, 0.2) is 17.1 Å². The Bertz CT molecular complexity index is 792. The maximum Gasteiger partial charge on any atom is 0.356 e. The molecule has 1 amide bonds. The number of amides is 1. The molecule has 4 atom stereocenters. The molecule has 0 bridgehead atoms. The molecule has 12 nitrogen and oxygen atoms in total. The van der Waals surface area contributed by atoms with Crippen molar-refractivity contribution in [2.24, 2.45) is 0 Å². The Hall–Kier alpha value is -1.66. The summed E-state index contributed by atoms with van der Waals surface area (Å²) in [5.74, 6) is -0.267. The van der Waals surface area contributed by atoms with E-state index in [0.29, 0.717) is 0 Å². The molecule has 1 saturated heterocycles. The summed E-state index contributed by atoms with van der Waals surface area (Å²) in [7, 11) is -3.56. The lowest BCUT2D eigenvalue weighted by molar-refractivity contribution is -0.169. The van der Waals surface area contributed by atoms with Gasteiger partial charge < -0.3 is 34.1 Å². The molecule has 0 aromatic carbocycles. The molecule has 1 fully saturated rings. The molecule has 2 heterocycles. The summed E-state index contributed by atoms with van der Waals surface area (Å²) >= 11 is 0. The predicted octanol–water partition coefficient (Wildman–Crippen LogP) is 0.409. The molecule has 1 aromatic heterocycles. The summed E-state index contributed by atoms with van der Waals surface area (Å²) < 4.78 is 34.3. The van der Waals surface area contributed by atoms with Crippen LogP contribution in [0.5, 0.6) is 0 Å². The number of carbonyl (C=O) groups is 1. The lowest BCUT2D eigenvalue weighted by atomic mass is 10.2. The van der Waals surface area contributed by atoms with E-state index in [1.807, 2.05) is 0 Å². The largest absolute Gasteiger partial charge is 0.385 e. The van der Waals surface area contributed by atoms with Crippen LogP contribution < -0.4 is 11.0 Å². The van der Waals surface area contributed by atoms with Gasteiger partial charge in [-0.3, -0.25) is 13.9 Å². The van der Waals surface area contributed by atoms with Crippen molar-refractivity contribution >= 4 is 19.3 Å². The van der Waals surface area contributed by atoms with Gasteiger partial charge in [0.05, 0.1) is 13.2 Å². The Morgan fingerprint density at radius 3 is 2.48 bits per heavy atom. The maximum absolute atomic E-state index is 12.4. The maximum atomic E-state index is 12.4. The van der Waals surface area contributed by atoms with Crippen LogP contribution in [0.3, 0.4) is 0 Å². The lowest BCUT2D eigenvalue weighted by Crippen LogP contribution is -2.36. The van der Waals surface area contributed by atoms with E-state index in [1.165, 1.54) is 12.3 Å². The summed E-state index contributed by atoms with van der Waals surface area (Å²) in [5, 5.41) is 22.9. The standard InChI is InChI=1S/C16H26N3O9P/c1-4-11(20)17-10-7-8-19(16(23)18-10)14-12(21)13(22)15(28-14)25-9-29(24,26-5-2)27-6-3/h7-8,12-15,21-22H,4-6,9H2,1-3H3,(H,17,18,20,23)/t12-,13-,14+,15-/m0/s1. The first-order valence-electron chi connectivity index (χ1n) is 9.15. The molecule has 2 rings (SSSR count). The Kier molecular flexibility index (Phi) is 8.46. The predicted molar refractivity (Wildman–Crippen MR) is 100 cm³/mol. The number of aliphatic hydroxyl groups excluding tert-OH is 2. The van der Waals surface area contributed by atoms with Crippen LogP contribution in [0.2, 0.25) is 0 Å². The van der Waals surface area contributed by atoms with E-state index in [4.69, 9.17) is 18.5 Å². The van der Waals surface area contributed by atoms with E-state index >= 15 is 0 Å². The zero-order valence-electron chi connectivity index (χ0n) is 16.4. The van der Waals surface area contributed by atoms with Crippen molar-refractivity contribution in [3.63, 3.8) is 0 Å². The molecular weight excluding hydrogens is 409 g/mol. The minimum Gasteiger partial charge on any atom is -0.385 e. The third-order valence-corrected chi connectivity index (χ3v) is 5.70. The third-order valence-electron chi connectivity index (χ3n) is 3.94. The van der Waals surface area contributed by atoms with Crippen molar-refractivity contribution in [2.45, 2.75) is 51.9 Å². The Morgan fingerprint density at radius 1 is 1.28 bits per heavy atom. The molecular formula is C16H26N3O9P. The highest BCUT2D eigenvalue weighted by Gasteiger charge is 2.46. The molecule has 29 heavy (non-hydrogen) atoms. The molecule has 1 aliphatic heterocycles. The number of aromatic nitrogens is 2. The highest BCUT2D eigenvalue weighted by molar-refractivity contribution is 7.53. The highest BCUT2D eigenvalue weighted by atomic mass is 31.2. The normalized spacial score (nSPS) is 24.6. The molecule has 0 radical (unpaired) electrons. The van der Waals surface area contributed by atoms with Crippen LogP contribution in [0.4, 0.5) is 5.82 Å². The SMILES string of the molecule is CCOP(=O)(CO[C@H]1O[C@@H](n2ccc(NC(=O)CC)nc2=O)[C@@H](O)[C@@H]1O)OCC. The molecule has 1 aromatic rings. The Balaban J connectivity index is 2.10. The van der Waals surface area contributed by atoms with E-state index in [9.17, 15) is 24.4 Å². The van der Waals surface area contributed by atoms with E-state index in [1.54, 1.807) is 20.8 Å². The number of aliphatic hydroxyl groups is 2. The molecule has 3 N–H and O–H groups in total. The monoisotopic (exact) mass is 435 g/mol. The first-order valence-corrected chi connectivity index (χ1v) is 10.9. The molecule has 0 unspecified atom stereocenters. The summed E-state index contributed by atoms with van der Waals surface area (Å²) in [6.07, 6.45) is -4.76. The van der Waals surface area contributed by atoms with Crippen molar-refractivity contribution in [1.29, 1.82) is 0 Å². The highest BCUT2D eigenvalue weighted by Crippen LogP contribution is 2.48. The first kappa shape index (κ1) is 23.6. The van der Waals surface area contributed by atoms with Crippen LogP contribution in [-0.2, 0) is 27.9 Å². The van der Waals surface area contributed by atoms with Gasteiger partial charge in [0, 0.05) is 12.6 Å². The zero-order chi connectivity index (χ0) is 21.6. The fourth-order valence-corrected chi connectivity index (χ4v) is 3.91. The number of nitrogens with one attached hydrogen (secondary N) is 1. The summed E-state index contributed by atoms with van der Waals surface area (Å²) in [6, 6.07) is 1.35. The van der Waals surface area contributed by atoms with Crippen molar-refractivity contribution in [3.05, 3.63) is 22.7 Å². The van der Waals surface area contributed by atoms with Crippen LogP contribution >= 0.6 is 7.60 Å². The average molecular weight is 435 g/mol. The number of rotatable bonds is 10. The quantitative estimate of drug-likeness (QED) is 0.439. The van der Waals surface area contributed by atoms with Crippen molar-refractivity contribution in [2.75, 3.05) is 24.9 Å². The Morgan fingerprint density at radius 2 is 1.93 bits per heavy atom. The molecule has 0 aliphatic carbocycles. The van der Waals surface area contributed by atoms with Crippen LogP contribution in [-0.4, -0.2) is 63.7 Å². The van der Waals surface area contributed by atoms with Crippen molar-refractivity contribution in [3.8, 4) is 0 Å². The van der Waals surface area contributed by atoms with E-state index in [0.717, 1.165) is 4.57 Å². The van der Waals surface area contributed by atoms with Gasteiger partial charge in [0.2, 0.25) is 5.91 Å². The zero-order valence-corrected chi connectivity index (χ0v) is 17.3. The van der Waals surface area contributed by atoms with Gasteiger partial charge in [0.1, 0.15) is 18.0 Å². The Labute approximate surface area is 167 Å². The number of ether oxygens (including phenoxy) is 2. The molecule has 1 aliphatic rings. The van der Waals surface area contributed by atoms with E-state index < -0.39 is 44.4 Å². The minimum absolute atomic E-state index is 0.0494. The summed E-state index contributed by atoms with van der Waals surface area (Å²) in [6.45, 7) is 5.18. The van der Waals surface area contributed by atoms with Crippen LogP contribution in [0, 0.1) is 0 Å². The number of carbonyl (C=O) groups excluding carboxylic acids is 1.